The lowest BCUT2D eigenvalue weighted by molar-refractivity contribution is -0.130. The molecule has 5 nitrogen and oxygen atoms in total. The number of carbonyl (C=O) groups is 1. The Kier molecular flexibility index (Phi) is 5.44. The molecule has 1 amide bonds. The molecule has 0 unspecified atom stereocenters. The van der Waals surface area contributed by atoms with Crippen molar-refractivity contribution in [2.75, 3.05) is 26.3 Å². The summed E-state index contributed by atoms with van der Waals surface area (Å²) in [6.07, 6.45) is 1.43. The van der Waals surface area contributed by atoms with E-state index in [1.165, 1.54) is 6.08 Å². The van der Waals surface area contributed by atoms with Crippen LogP contribution in [-0.4, -0.2) is 37.1 Å². The summed E-state index contributed by atoms with van der Waals surface area (Å²) >= 11 is 12.2. The van der Waals surface area contributed by atoms with Crippen molar-refractivity contribution in [3.8, 4) is 17.4 Å². The highest BCUT2D eigenvalue weighted by molar-refractivity contribution is 6.35. The molecular weight excluding hydrogens is 363 g/mol. The summed E-state index contributed by atoms with van der Waals surface area (Å²) in [5.74, 6) is 0.573. The first kappa shape index (κ1) is 17.6. The SMILES string of the molecule is N#C/C(=C\c1ccc(-c2cc(Cl)ccc2Cl)o1)C(=O)N1CCOCC1. The van der Waals surface area contributed by atoms with Crippen LogP contribution in [0.15, 0.2) is 40.3 Å². The zero-order valence-electron chi connectivity index (χ0n) is 13.2. The molecule has 2 heterocycles. The van der Waals surface area contributed by atoms with Gasteiger partial charge in [0.2, 0.25) is 0 Å². The molecule has 7 heteroatoms. The number of hydrogen-bond acceptors (Lipinski definition) is 4. The van der Waals surface area contributed by atoms with Gasteiger partial charge in [0.15, 0.2) is 0 Å². The maximum absolute atomic E-state index is 12.4. The van der Waals surface area contributed by atoms with Crippen molar-refractivity contribution in [2.45, 2.75) is 0 Å². The van der Waals surface area contributed by atoms with E-state index in [1.807, 2.05) is 6.07 Å². The highest BCUT2D eigenvalue weighted by atomic mass is 35.5. The van der Waals surface area contributed by atoms with Crippen LogP contribution in [0, 0.1) is 11.3 Å². The summed E-state index contributed by atoms with van der Waals surface area (Å²) < 4.78 is 10.9. The number of amides is 1. The quantitative estimate of drug-likeness (QED) is 0.599. The molecule has 2 aromatic rings. The average Bonchev–Trinajstić information content (AvgIpc) is 3.10. The largest absolute Gasteiger partial charge is 0.457 e. The van der Waals surface area contributed by atoms with Crippen molar-refractivity contribution in [3.05, 3.63) is 51.7 Å². The third-order valence-electron chi connectivity index (χ3n) is 3.76. The van der Waals surface area contributed by atoms with Gasteiger partial charge in [0.05, 0.1) is 18.2 Å². The molecule has 1 aliphatic rings. The van der Waals surface area contributed by atoms with E-state index in [2.05, 4.69) is 0 Å². The van der Waals surface area contributed by atoms with E-state index in [0.29, 0.717) is 53.4 Å². The normalized spacial score (nSPS) is 15.1. The highest BCUT2D eigenvalue weighted by Crippen LogP contribution is 2.32. The van der Waals surface area contributed by atoms with Gasteiger partial charge in [0, 0.05) is 29.8 Å². The molecule has 25 heavy (non-hydrogen) atoms. The third kappa shape index (κ3) is 4.05. The smallest absolute Gasteiger partial charge is 0.264 e. The fraction of sp³-hybridized carbons (Fsp3) is 0.222. The minimum atomic E-state index is -0.329. The van der Waals surface area contributed by atoms with Crippen molar-refractivity contribution in [2.24, 2.45) is 0 Å². The molecule has 0 aliphatic carbocycles. The molecule has 1 aromatic carbocycles. The van der Waals surface area contributed by atoms with Gasteiger partial charge >= 0.3 is 0 Å². The van der Waals surface area contributed by atoms with Crippen molar-refractivity contribution in [1.29, 1.82) is 5.26 Å². The number of carbonyl (C=O) groups excluding carboxylic acids is 1. The van der Waals surface area contributed by atoms with Crippen LogP contribution >= 0.6 is 23.2 Å². The fourth-order valence-electron chi connectivity index (χ4n) is 2.48. The van der Waals surface area contributed by atoms with Gasteiger partial charge in [-0.25, -0.2) is 0 Å². The summed E-state index contributed by atoms with van der Waals surface area (Å²) in [6.45, 7) is 1.89. The first-order valence-corrected chi connectivity index (χ1v) is 8.38. The highest BCUT2D eigenvalue weighted by Gasteiger charge is 2.21. The molecule has 0 bridgehead atoms. The second kappa shape index (κ2) is 7.75. The summed E-state index contributed by atoms with van der Waals surface area (Å²) in [4.78, 5) is 14.0. The first-order chi connectivity index (χ1) is 12.1. The van der Waals surface area contributed by atoms with E-state index in [-0.39, 0.29) is 11.5 Å². The summed E-state index contributed by atoms with van der Waals surface area (Å²) in [5, 5.41) is 10.4. The van der Waals surface area contributed by atoms with E-state index >= 15 is 0 Å². The molecule has 3 rings (SSSR count). The minimum Gasteiger partial charge on any atom is -0.457 e. The van der Waals surface area contributed by atoms with Gasteiger partial charge in [0.1, 0.15) is 23.2 Å². The Hall–Kier alpha value is -2.26. The lowest BCUT2D eigenvalue weighted by Gasteiger charge is -2.26. The first-order valence-electron chi connectivity index (χ1n) is 7.62. The van der Waals surface area contributed by atoms with E-state index < -0.39 is 0 Å². The Bertz CT molecular complexity index is 861. The number of furan rings is 1. The molecule has 1 aromatic heterocycles. The van der Waals surface area contributed by atoms with Crippen molar-refractivity contribution >= 4 is 35.2 Å². The predicted octanol–water partition coefficient (Wildman–Crippen LogP) is 4.02. The Morgan fingerprint density at radius 2 is 1.96 bits per heavy atom. The average molecular weight is 377 g/mol. The van der Waals surface area contributed by atoms with Gasteiger partial charge in [-0.1, -0.05) is 23.2 Å². The van der Waals surface area contributed by atoms with Crippen LogP contribution in [0.3, 0.4) is 0 Å². The van der Waals surface area contributed by atoms with Gasteiger partial charge in [-0.15, -0.1) is 0 Å². The van der Waals surface area contributed by atoms with Gasteiger partial charge in [-0.05, 0) is 30.3 Å². The number of benzene rings is 1. The standard InChI is InChI=1S/C18H14Cl2N2O3/c19-13-1-3-16(20)15(10-13)17-4-2-14(25-17)9-12(11-21)18(23)22-5-7-24-8-6-22/h1-4,9-10H,5-8H2/b12-9+. The summed E-state index contributed by atoms with van der Waals surface area (Å²) in [7, 11) is 0. The minimum absolute atomic E-state index is 0.0139. The predicted molar refractivity (Wildman–Crippen MR) is 95.2 cm³/mol. The second-order valence-corrected chi connectivity index (χ2v) is 6.24. The van der Waals surface area contributed by atoms with Crippen LogP contribution in [0.5, 0.6) is 0 Å². The molecule has 0 radical (unpaired) electrons. The number of nitrogens with zero attached hydrogens (tertiary/aromatic N) is 2. The van der Waals surface area contributed by atoms with Gasteiger partial charge in [-0.2, -0.15) is 5.26 Å². The molecule has 128 valence electrons. The van der Waals surface area contributed by atoms with Gasteiger partial charge in [-0.3, -0.25) is 4.79 Å². The van der Waals surface area contributed by atoms with E-state index in [0.717, 1.165) is 0 Å². The summed E-state index contributed by atoms with van der Waals surface area (Å²) in [5.41, 5.74) is 0.659. The number of halogens is 2. The van der Waals surface area contributed by atoms with E-state index in [9.17, 15) is 10.1 Å². The summed E-state index contributed by atoms with van der Waals surface area (Å²) in [6, 6.07) is 10.4. The molecule has 1 aliphatic heterocycles. The number of rotatable bonds is 3. The van der Waals surface area contributed by atoms with Gasteiger partial charge < -0.3 is 14.1 Å². The van der Waals surface area contributed by atoms with Crippen LogP contribution in [0.25, 0.3) is 17.4 Å². The Morgan fingerprint density at radius 1 is 1.20 bits per heavy atom. The fourth-order valence-corrected chi connectivity index (χ4v) is 2.87. The van der Waals surface area contributed by atoms with Crippen LogP contribution in [0.1, 0.15) is 5.76 Å². The second-order valence-electron chi connectivity index (χ2n) is 5.40. The van der Waals surface area contributed by atoms with Crippen LogP contribution in [0.4, 0.5) is 0 Å². The van der Waals surface area contributed by atoms with Crippen molar-refractivity contribution < 1.29 is 13.9 Å². The van der Waals surface area contributed by atoms with Crippen molar-refractivity contribution in [3.63, 3.8) is 0 Å². The van der Waals surface area contributed by atoms with Crippen LogP contribution < -0.4 is 0 Å². The van der Waals surface area contributed by atoms with Gasteiger partial charge in [0.25, 0.3) is 5.91 Å². The van der Waals surface area contributed by atoms with Crippen LogP contribution in [0.2, 0.25) is 10.0 Å². The monoisotopic (exact) mass is 376 g/mol. The zero-order valence-corrected chi connectivity index (χ0v) is 14.7. The van der Waals surface area contributed by atoms with E-state index in [4.69, 9.17) is 32.4 Å². The molecule has 0 N–H and O–H groups in total. The molecule has 0 spiro atoms. The number of hydrogen-bond donors (Lipinski definition) is 0. The Balaban J connectivity index is 1.85. The molecular formula is C18H14Cl2N2O3. The number of morpholine rings is 1. The lowest BCUT2D eigenvalue weighted by atomic mass is 10.2. The van der Waals surface area contributed by atoms with Crippen molar-refractivity contribution in [1.82, 2.24) is 4.90 Å². The van der Waals surface area contributed by atoms with E-state index in [1.54, 1.807) is 35.2 Å². The number of ether oxygens (including phenoxy) is 1. The lowest BCUT2D eigenvalue weighted by Crippen LogP contribution is -2.41. The molecule has 0 atom stereocenters. The molecule has 0 saturated carbocycles. The third-order valence-corrected chi connectivity index (χ3v) is 4.32. The maximum Gasteiger partial charge on any atom is 0.264 e. The molecule has 1 fully saturated rings. The van der Waals surface area contributed by atoms with Crippen LogP contribution in [-0.2, 0) is 9.53 Å². The Morgan fingerprint density at radius 3 is 2.68 bits per heavy atom. The number of nitriles is 1. The zero-order chi connectivity index (χ0) is 17.8. The molecule has 1 saturated heterocycles. The Labute approximate surface area is 155 Å². The maximum atomic E-state index is 12.4. The topological polar surface area (TPSA) is 66.5 Å².